The van der Waals surface area contributed by atoms with Crippen molar-refractivity contribution >= 4 is 0 Å². The van der Waals surface area contributed by atoms with Crippen molar-refractivity contribution < 1.29 is 4.52 Å². The van der Waals surface area contributed by atoms with Crippen LogP contribution in [0.25, 0.3) is 0 Å². The molecule has 1 aromatic heterocycles. The number of nitrogens with zero attached hydrogens (tertiary/aromatic N) is 2. The highest BCUT2D eigenvalue weighted by Crippen LogP contribution is 2.22. The third-order valence-electron chi connectivity index (χ3n) is 3.29. The monoisotopic (exact) mass is 208 g/mol. The molecule has 1 aliphatic carbocycles. The third kappa shape index (κ3) is 2.81. The van der Waals surface area contributed by atoms with Crippen molar-refractivity contribution in [3.05, 3.63) is 17.5 Å². The summed E-state index contributed by atoms with van der Waals surface area (Å²) >= 11 is 0. The van der Waals surface area contributed by atoms with Crippen LogP contribution in [-0.2, 0) is 6.54 Å². The molecule has 84 valence electrons. The Labute approximate surface area is 91.4 Å². The van der Waals surface area contributed by atoms with Crippen LogP contribution < -0.4 is 0 Å². The van der Waals surface area contributed by atoms with E-state index in [1.54, 1.807) is 0 Å². The second kappa shape index (κ2) is 4.79. The summed E-state index contributed by atoms with van der Waals surface area (Å²) in [4.78, 5) is 2.41. The van der Waals surface area contributed by atoms with E-state index in [0.717, 1.165) is 24.0 Å². The molecule has 1 heterocycles. The maximum absolute atomic E-state index is 5.08. The molecular weight excluding hydrogens is 188 g/mol. The lowest BCUT2D eigenvalue weighted by molar-refractivity contribution is 0.180. The van der Waals surface area contributed by atoms with Gasteiger partial charge >= 0.3 is 0 Å². The summed E-state index contributed by atoms with van der Waals surface area (Å²) in [6.45, 7) is 2.86. The van der Waals surface area contributed by atoms with Crippen LogP contribution in [0.4, 0.5) is 0 Å². The summed E-state index contributed by atoms with van der Waals surface area (Å²) in [7, 11) is 2.19. The van der Waals surface area contributed by atoms with E-state index >= 15 is 0 Å². The number of hydrogen-bond donors (Lipinski definition) is 0. The van der Waals surface area contributed by atoms with Crippen molar-refractivity contribution in [1.82, 2.24) is 10.1 Å². The minimum atomic E-state index is 0.746. The largest absolute Gasteiger partial charge is 0.361 e. The molecule has 3 nitrogen and oxygen atoms in total. The summed E-state index contributed by atoms with van der Waals surface area (Å²) < 4.78 is 5.08. The van der Waals surface area contributed by atoms with Crippen LogP contribution in [-0.4, -0.2) is 23.1 Å². The van der Waals surface area contributed by atoms with Gasteiger partial charge in [0.1, 0.15) is 5.76 Å². The first-order valence-electron chi connectivity index (χ1n) is 5.88. The molecule has 0 spiro atoms. The van der Waals surface area contributed by atoms with E-state index in [0.29, 0.717) is 0 Å². The Kier molecular flexibility index (Phi) is 3.41. The predicted octanol–water partition coefficient (Wildman–Crippen LogP) is 2.75. The lowest BCUT2D eigenvalue weighted by Gasteiger charge is -2.30. The fourth-order valence-corrected chi connectivity index (χ4v) is 2.40. The molecule has 0 radical (unpaired) electrons. The molecule has 0 aliphatic heterocycles. The van der Waals surface area contributed by atoms with Crippen molar-refractivity contribution in [2.45, 2.75) is 51.6 Å². The van der Waals surface area contributed by atoms with Crippen molar-refractivity contribution in [3.8, 4) is 0 Å². The first-order valence-corrected chi connectivity index (χ1v) is 5.88. The van der Waals surface area contributed by atoms with Gasteiger partial charge in [-0.3, -0.25) is 4.90 Å². The molecule has 1 aliphatic rings. The third-order valence-corrected chi connectivity index (χ3v) is 3.29. The summed E-state index contributed by atoms with van der Waals surface area (Å²) in [6.07, 6.45) is 6.85. The number of rotatable bonds is 3. The maximum atomic E-state index is 5.08. The number of hydrogen-bond acceptors (Lipinski definition) is 3. The zero-order valence-corrected chi connectivity index (χ0v) is 9.70. The second-order valence-electron chi connectivity index (χ2n) is 4.64. The standard InChI is InChI=1S/C12H20N2O/c1-10-8-11(13-15-10)9-14(2)12-6-4-3-5-7-12/h8,12H,3-7,9H2,1-2H3. The zero-order chi connectivity index (χ0) is 10.7. The van der Waals surface area contributed by atoms with Crippen LogP contribution in [0.3, 0.4) is 0 Å². The quantitative estimate of drug-likeness (QED) is 0.765. The van der Waals surface area contributed by atoms with Crippen molar-refractivity contribution in [2.24, 2.45) is 0 Å². The molecule has 0 unspecified atom stereocenters. The van der Waals surface area contributed by atoms with Gasteiger partial charge in [-0.15, -0.1) is 0 Å². The predicted molar refractivity (Wildman–Crippen MR) is 59.6 cm³/mol. The minimum Gasteiger partial charge on any atom is -0.361 e. The molecule has 0 saturated heterocycles. The normalized spacial score (nSPS) is 18.6. The molecule has 1 aromatic rings. The van der Waals surface area contributed by atoms with Gasteiger partial charge in [0.15, 0.2) is 0 Å². The van der Waals surface area contributed by atoms with Gasteiger partial charge in [-0.2, -0.15) is 0 Å². The van der Waals surface area contributed by atoms with Crippen LogP contribution in [0.5, 0.6) is 0 Å². The molecule has 0 atom stereocenters. The molecule has 0 N–H and O–H groups in total. The van der Waals surface area contributed by atoms with Gasteiger partial charge in [0.2, 0.25) is 0 Å². The molecule has 15 heavy (non-hydrogen) atoms. The Morgan fingerprint density at radius 3 is 2.73 bits per heavy atom. The Bertz CT molecular complexity index is 302. The second-order valence-corrected chi connectivity index (χ2v) is 4.64. The number of aromatic nitrogens is 1. The average Bonchev–Trinajstić information content (AvgIpc) is 2.65. The van der Waals surface area contributed by atoms with Gasteiger partial charge in [0, 0.05) is 18.7 Å². The van der Waals surface area contributed by atoms with Gasteiger partial charge < -0.3 is 4.52 Å². The topological polar surface area (TPSA) is 29.3 Å². The molecule has 1 fully saturated rings. The Morgan fingerprint density at radius 1 is 1.40 bits per heavy atom. The average molecular weight is 208 g/mol. The molecule has 1 saturated carbocycles. The van der Waals surface area contributed by atoms with Crippen LogP contribution in [0, 0.1) is 6.92 Å². The van der Waals surface area contributed by atoms with Crippen LogP contribution in [0.1, 0.15) is 43.6 Å². The van der Waals surface area contributed by atoms with E-state index in [9.17, 15) is 0 Å². The van der Waals surface area contributed by atoms with E-state index < -0.39 is 0 Å². The SMILES string of the molecule is Cc1cc(CN(C)C2CCCCC2)no1. The fraction of sp³-hybridized carbons (Fsp3) is 0.750. The highest BCUT2D eigenvalue weighted by molar-refractivity contribution is 5.03. The maximum Gasteiger partial charge on any atom is 0.133 e. The minimum absolute atomic E-state index is 0.746. The van der Waals surface area contributed by atoms with Crippen molar-refractivity contribution in [2.75, 3.05) is 7.05 Å². The lowest BCUT2D eigenvalue weighted by Crippen LogP contribution is -2.32. The zero-order valence-electron chi connectivity index (χ0n) is 9.70. The molecule has 0 amide bonds. The van der Waals surface area contributed by atoms with Crippen molar-refractivity contribution in [1.29, 1.82) is 0 Å². The van der Waals surface area contributed by atoms with E-state index in [1.807, 2.05) is 13.0 Å². The fourth-order valence-electron chi connectivity index (χ4n) is 2.40. The first kappa shape index (κ1) is 10.7. The van der Waals surface area contributed by atoms with Gasteiger partial charge in [-0.25, -0.2) is 0 Å². The number of aryl methyl sites for hydroxylation is 1. The van der Waals surface area contributed by atoms with Gasteiger partial charge in [-0.1, -0.05) is 24.4 Å². The Morgan fingerprint density at radius 2 is 2.13 bits per heavy atom. The molecule has 0 aromatic carbocycles. The summed E-state index contributed by atoms with van der Waals surface area (Å²) in [6, 6.07) is 2.77. The van der Waals surface area contributed by atoms with Crippen molar-refractivity contribution in [3.63, 3.8) is 0 Å². The van der Waals surface area contributed by atoms with Crippen LogP contribution in [0.15, 0.2) is 10.6 Å². The molecule has 0 bridgehead atoms. The summed E-state index contributed by atoms with van der Waals surface area (Å²) in [5.74, 6) is 0.905. The van der Waals surface area contributed by atoms with Crippen LogP contribution in [0.2, 0.25) is 0 Å². The molecular formula is C12H20N2O. The highest BCUT2D eigenvalue weighted by Gasteiger charge is 2.18. The van der Waals surface area contributed by atoms with Crippen LogP contribution >= 0.6 is 0 Å². The summed E-state index contributed by atoms with van der Waals surface area (Å²) in [5, 5.41) is 4.03. The van der Waals surface area contributed by atoms with E-state index in [2.05, 4.69) is 17.1 Å². The van der Waals surface area contributed by atoms with E-state index in [1.165, 1.54) is 32.1 Å². The molecule has 2 rings (SSSR count). The van der Waals surface area contributed by atoms with Gasteiger partial charge in [0.25, 0.3) is 0 Å². The first-order chi connectivity index (χ1) is 7.25. The lowest BCUT2D eigenvalue weighted by atomic mass is 9.94. The van der Waals surface area contributed by atoms with E-state index in [-0.39, 0.29) is 0 Å². The highest BCUT2D eigenvalue weighted by atomic mass is 16.5. The molecule has 3 heteroatoms. The van der Waals surface area contributed by atoms with E-state index in [4.69, 9.17) is 4.52 Å². The Balaban J connectivity index is 1.88. The van der Waals surface area contributed by atoms with Gasteiger partial charge in [-0.05, 0) is 26.8 Å². The summed E-state index contributed by atoms with van der Waals surface area (Å²) in [5.41, 5.74) is 1.06. The Hall–Kier alpha value is -0.830. The van der Waals surface area contributed by atoms with Gasteiger partial charge in [0.05, 0.1) is 5.69 Å². The smallest absolute Gasteiger partial charge is 0.133 e.